The first-order valence-electron chi connectivity index (χ1n) is 10.0. The Morgan fingerprint density at radius 2 is 1.69 bits per heavy atom. The Morgan fingerprint density at radius 1 is 1.00 bits per heavy atom. The number of anilines is 1. The van der Waals surface area contributed by atoms with Crippen molar-refractivity contribution in [3.63, 3.8) is 0 Å². The number of hydrogen-bond donors (Lipinski definition) is 0. The summed E-state index contributed by atoms with van der Waals surface area (Å²) in [6.07, 6.45) is 4.78. The molecule has 0 radical (unpaired) electrons. The Kier molecular flexibility index (Phi) is 4.98. The smallest absolute Gasteiger partial charge is 0.410 e. The highest BCUT2D eigenvalue weighted by molar-refractivity contribution is 6.00. The van der Waals surface area contributed by atoms with Crippen LogP contribution < -0.4 is 4.90 Å². The van der Waals surface area contributed by atoms with E-state index in [1.807, 2.05) is 45.3 Å². The highest BCUT2D eigenvalue weighted by atomic mass is 16.6. The number of rotatable bonds is 2. The molecule has 1 aromatic heterocycles. The maximum absolute atomic E-state index is 12.2. The van der Waals surface area contributed by atoms with Gasteiger partial charge in [0.25, 0.3) is 0 Å². The summed E-state index contributed by atoms with van der Waals surface area (Å²) in [5.74, 6) is 0.887. The molecule has 2 aromatic rings. The lowest BCUT2D eigenvalue weighted by atomic mass is 10.0. The van der Waals surface area contributed by atoms with Crippen molar-refractivity contribution >= 4 is 17.8 Å². The first kappa shape index (κ1) is 19.4. The van der Waals surface area contributed by atoms with Gasteiger partial charge in [0.15, 0.2) is 5.78 Å². The van der Waals surface area contributed by atoms with E-state index in [4.69, 9.17) is 4.74 Å². The molecular formula is C22H26N4O3. The van der Waals surface area contributed by atoms with Gasteiger partial charge >= 0.3 is 6.09 Å². The Bertz CT molecular complexity index is 926. The van der Waals surface area contributed by atoms with Crippen molar-refractivity contribution in [2.24, 2.45) is 0 Å². The quantitative estimate of drug-likeness (QED) is 0.778. The van der Waals surface area contributed by atoms with Gasteiger partial charge < -0.3 is 14.5 Å². The monoisotopic (exact) mass is 394 g/mol. The summed E-state index contributed by atoms with van der Waals surface area (Å²) in [6.45, 7) is 8.11. The first-order valence-corrected chi connectivity index (χ1v) is 10.0. The molecule has 0 saturated carbocycles. The Balaban J connectivity index is 1.39. The van der Waals surface area contributed by atoms with Gasteiger partial charge in [0.05, 0.1) is 0 Å². The van der Waals surface area contributed by atoms with Crippen LogP contribution in [0.4, 0.5) is 10.7 Å². The molecule has 29 heavy (non-hydrogen) atoms. The molecule has 7 nitrogen and oxygen atoms in total. The van der Waals surface area contributed by atoms with Crippen LogP contribution in [0.1, 0.15) is 43.1 Å². The standard InChI is InChI=1S/C22H26N4O3/c1-22(2,3)29-21(28)26-10-8-25(9-11-26)20-23-13-17(14-24-20)15-4-6-18-16(12-15)5-7-19(18)27/h4,6,12-14H,5,7-11H2,1-3H3. The van der Waals surface area contributed by atoms with Gasteiger partial charge in [0.2, 0.25) is 5.95 Å². The predicted molar refractivity (Wildman–Crippen MR) is 110 cm³/mol. The molecule has 4 rings (SSSR count). The summed E-state index contributed by atoms with van der Waals surface area (Å²) in [5.41, 5.74) is 3.42. The van der Waals surface area contributed by atoms with E-state index in [0.29, 0.717) is 38.5 Å². The highest BCUT2D eigenvalue weighted by Crippen LogP contribution is 2.28. The Labute approximate surface area is 170 Å². The lowest BCUT2D eigenvalue weighted by Gasteiger charge is -2.35. The van der Waals surface area contributed by atoms with Crippen LogP contribution >= 0.6 is 0 Å². The van der Waals surface area contributed by atoms with Crippen LogP contribution in [0.25, 0.3) is 11.1 Å². The van der Waals surface area contributed by atoms with Crippen LogP contribution in [0, 0.1) is 0 Å². The molecule has 1 saturated heterocycles. The molecule has 152 valence electrons. The van der Waals surface area contributed by atoms with Gasteiger partial charge in [-0.3, -0.25) is 4.79 Å². The third-order valence-electron chi connectivity index (χ3n) is 5.21. The van der Waals surface area contributed by atoms with E-state index in [1.54, 1.807) is 4.90 Å². The molecule has 1 fully saturated rings. The molecular weight excluding hydrogens is 368 g/mol. The number of carbonyl (C=O) groups excluding carboxylic acids is 2. The van der Waals surface area contributed by atoms with Gasteiger partial charge in [-0.2, -0.15) is 0 Å². The molecule has 1 amide bonds. The summed E-state index contributed by atoms with van der Waals surface area (Å²) in [4.78, 5) is 36.9. The number of benzene rings is 1. The molecule has 1 aromatic carbocycles. The molecule has 2 heterocycles. The number of ether oxygens (including phenoxy) is 1. The van der Waals surface area contributed by atoms with Gasteiger partial charge in [-0.05, 0) is 38.3 Å². The zero-order valence-electron chi connectivity index (χ0n) is 17.1. The fourth-order valence-electron chi connectivity index (χ4n) is 3.68. The lowest BCUT2D eigenvalue weighted by molar-refractivity contribution is 0.0240. The maximum Gasteiger partial charge on any atom is 0.410 e. The second-order valence-electron chi connectivity index (χ2n) is 8.52. The van der Waals surface area contributed by atoms with Crippen LogP contribution in [-0.4, -0.2) is 58.5 Å². The first-order chi connectivity index (χ1) is 13.8. The van der Waals surface area contributed by atoms with Gasteiger partial charge in [-0.1, -0.05) is 18.2 Å². The Hall–Kier alpha value is -2.96. The number of nitrogens with zero attached hydrogens (tertiary/aromatic N) is 4. The van der Waals surface area contributed by atoms with Crippen LogP contribution in [-0.2, 0) is 11.2 Å². The van der Waals surface area contributed by atoms with Crippen LogP contribution in [0.3, 0.4) is 0 Å². The van der Waals surface area contributed by atoms with Crippen LogP contribution in [0.5, 0.6) is 0 Å². The van der Waals surface area contributed by atoms with E-state index < -0.39 is 5.60 Å². The number of hydrogen-bond acceptors (Lipinski definition) is 6. The second kappa shape index (κ2) is 7.46. The van der Waals surface area contributed by atoms with Crippen LogP contribution in [0.15, 0.2) is 30.6 Å². The van der Waals surface area contributed by atoms with E-state index in [1.165, 1.54) is 0 Å². The van der Waals surface area contributed by atoms with Crippen molar-refractivity contribution in [2.45, 2.75) is 39.2 Å². The van der Waals surface area contributed by atoms with E-state index in [9.17, 15) is 9.59 Å². The third kappa shape index (κ3) is 4.23. The number of piperazine rings is 1. The van der Waals surface area contributed by atoms with E-state index in [-0.39, 0.29) is 11.9 Å². The molecule has 0 N–H and O–H groups in total. The molecule has 1 aliphatic carbocycles. The maximum atomic E-state index is 12.2. The summed E-state index contributed by atoms with van der Waals surface area (Å²) < 4.78 is 5.44. The molecule has 1 aliphatic heterocycles. The molecule has 0 atom stereocenters. The lowest BCUT2D eigenvalue weighted by Crippen LogP contribution is -2.50. The highest BCUT2D eigenvalue weighted by Gasteiger charge is 2.26. The van der Waals surface area contributed by atoms with Gasteiger partial charge in [-0.25, -0.2) is 14.8 Å². The number of ketones is 1. The number of carbonyl (C=O) groups is 2. The number of aromatic nitrogens is 2. The minimum Gasteiger partial charge on any atom is -0.444 e. The summed E-state index contributed by atoms with van der Waals surface area (Å²) >= 11 is 0. The summed E-state index contributed by atoms with van der Waals surface area (Å²) in [5, 5.41) is 0. The van der Waals surface area contributed by atoms with Crippen molar-refractivity contribution in [2.75, 3.05) is 31.1 Å². The minimum absolute atomic E-state index is 0.226. The summed E-state index contributed by atoms with van der Waals surface area (Å²) in [6, 6.07) is 5.93. The van der Waals surface area contributed by atoms with Gasteiger partial charge in [-0.15, -0.1) is 0 Å². The van der Waals surface area contributed by atoms with Crippen molar-refractivity contribution < 1.29 is 14.3 Å². The molecule has 0 bridgehead atoms. The van der Waals surface area contributed by atoms with E-state index in [0.717, 1.165) is 28.7 Å². The number of amides is 1. The summed E-state index contributed by atoms with van der Waals surface area (Å²) in [7, 11) is 0. The SMILES string of the molecule is CC(C)(C)OC(=O)N1CCN(c2ncc(-c3ccc4c(c3)CCC4=O)cn2)CC1. The minimum atomic E-state index is -0.488. The number of aryl methyl sites for hydroxylation is 1. The van der Waals surface area contributed by atoms with Crippen molar-refractivity contribution in [1.82, 2.24) is 14.9 Å². The van der Waals surface area contributed by atoms with Crippen LogP contribution in [0.2, 0.25) is 0 Å². The molecule has 0 spiro atoms. The average molecular weight is 394 g/mol. The van der Waals surface area contributed by atoms with Crippen molar-refractivity contribution in [1.29, 1.82) is 0 Å². The molecule has 7 heteroatoms. The number of Topliss-reactive ketones (excluding diaryl/α,β-unsaturated/α-hetero) is 1. The normalized spacial score (nSPS) is 16.7. The fourth-order valence-corrected chi connectivity index (χ4v) is 3.68. The zero-order valence-corrected chi connectivity index (χ0v) is 17.1. The predicted octanol–water partition coefficient (Wildman–Crippen LogP) is 3.33. The van der Waals surface area contributed by atoms with Crippen molar-refractivity contribution in [3.05, 3.63) is 41.7 Å². The molecule has 0 unspecified atom stereocenters. The Morgan fingerprint density at radius 3 is 2.34 bits per heavy atom. The van der Waals surface area contributed by atoms with Crippen molar-refractivity contribution in [3.8, 4) is 11.1 Å². The average Bonchev–Trinajstić information content (AvgIpc) is 3.07. The zero-order chi connectivity index (χ0) is 20.6. The van der Waals surface area contributed by atoms with E-state index >= 15 is 0 Å². The van der Waals surface area contributed by atoms with Gasteiger partial charge in [0.1, 0.15) is 5.60 Å². The third-order valence-corrected chi connectivity index (χ3v) is 5.21. The number of fused-ring (bicyclic) bond motifs is 1. The van der Waals surface area contributed by atoms with Gasteiger partial charge in [0, 0.05) is 56.1 Å². The fraction of sp³-hybridized carbons (Fsp3) is 0.455. The largest absolute Gasteiger partial charge is 0.444 e. The topological polar surface area (TPSA) is 75.6 Å². The van der Waals surface area contributed by atoms with E-state index in [2.05, 4.69) is 20.9 Å². The second-order valence-corrected chi connectivity index (χ2v) is 8.52. The molecule has 2 aliphatic rings.